The highest BCUT2D eigenvalue weighted by Crippen LogP contribution is 2.33. The molecule has 0 saturated carbocycles. The van der Waals surface area contributed by atoms with Gasteiger partial charge in [0, 0.05) is 5.56 Å². The molecule has 3 nitrogen and oxygen atoms in total. The zero-order valence-corrected chi connectivity index (χ0v) is 11.6. The molecule has 0 heterocycles. The monoisotopic (exact) mass is 342 g/mol. The van der Waals surface area contributed by atoms with Crippen LogP contribution in [-0.2, 0) is 6.18 Å². The molecule has 124 valence electrons. The molecule has 0 saturated heterocycles. The highest BCUT2D eigenvalue weighted by molar-refractivity contribution is 5.87. The van der Waals surface area contributed by atoms with Crippen LogP contribution < -0.4 is 0 Å². The summed E-state index contributed by atoms with van der Waals surface area (Å²) < 4.78 is 66.0. The van der Waals surface area contributed by atoms with Gasteiger partial charge >= 0.3 is 12.1 Å². The van der Waals surface area contributed by atoms with Crippen molar-refractivity contribution in [2.45, 2.75) is 6.18 Å². The summed E-state index contributed by atoms with van der Waals surface area (Å²) in [6.07, 6.45) is -4.83. The van der Waals surface area contributed by atoms with E-state index in [1.165, 1.54) is 0 Å². The molecule has 0 bridgehead atoms. The van der Waals surface area contributed by atoms with Crippen LogP contribution in [-0.4, -0.2) is 16.2 Å². The Hall–Kier alpha value is -3.08. The molecule has 0 fully saturated rings. The first-order valence-electron chi connectivity index (χ1n) is 6.24. The van der Waals surface area contributed by atoms with Crippen molar-refractivity contribution in [1.29, 1.82) is 0 Å². The zero-order valence-electron chi connectivity index (χ0n) is 11.6. The molecular formula is C16H7F5O3. The van der Waals surface area contributed by atoms with Gasteiger partial charge in [0.1, 0.15) is 17.4 Å². The Morgan fingerprint density at radius 1 is 1.00 bits per heavy atom. The largest absolute Gasteiger partial charge is 0.508 e. The summed E-state index contributed by atoms with van der Waals surface area (Å²) in [6.45, 7) is 0. The molecule has 0 spiro atoms. The van der Waals surface area contributed by atoms with Crippen LogP contribution in [0.1, 0.15) is 27.0 Å². The van der Waals surface area contributed by atoms with E-state index in [0.29, 0.717) is 18.2 Å². The summed E-state index contributed by atoms with van der Waals surface area (Å²) in [5.74, 6) is -0.926. The third kappa shape index (κ3) is 3.63. The minimum atomic E-state index is -4.83. The zero-order chi connectivity index (χ0) is 18.1. The summed E-state index contributed by atoms with van der Waals surface area (Å²) in [7, 11) is 0. The number of carboxylic acids is 1. The first-order chi connectivity index (χ1) is 11.1. The van der Waals surface area contributed by atoms with Crippen molar-refractivity contribution < 1.29 is 37.0 Å². The molecule has 0 aliphatic rings. The minimum absolute atomic E-state index is 0.435. The fourth-order valence-electron chi connectivity index (χ4n) is 1.82. The molecule has 2 N–H and O–H groups in total. The molecule has 0 amide bonds. The third-order valence-electron chi connectivity index (χ3n) is 2.92. The lowest BCUT2D eigenvalue weighted by atomic mass is 10.1. The van der Waals surface area contributed by atoms with Crippen LogP contribution in [0.3, 0.4) is 0 Å². The fourth-order valence-corrected chi connectivity index (χ4v) is 1.82. The maximum atomic E-state index is 13.7. The van der Waals surface area contributed by atoms with Gasteiger partial charge in [-0.15, -0.1) is 0 Å². The highest BCUT2D eigenvalue weighted by Gasteiger charge is 2.33. The smallest absolute Gasteiger partial charge is 0.417 e. The molecular weight excluding hydrogens is 335 g/mol. The summed E-state index contributed by atoms with van der Waals surface area (Å²) in [5, 5.41) is 17.8. The van der Waals surface area contributed by atoms with Crippen molar-refractivity contribution in [3.8, 4) is 17.6 Å². The summed E-state index contributed by atoms with van der Waals surface area (Å²) >= 11 is 0. The van der Waals surface area contributed by atoms with Gasteiger partial charge in [-0.2, -0.15) is 13.2 Å². The standard InChI is InChI=1S/C16H7F5O3/c17-13-5-9(15(23)24)6-14(18)11(13)4-2-8-1-3-10(22)7-12(8)16(19,20)21/h1,3,5-7,22H,(H,23,24). The van der Waals surface area contributed by atoms with E-state index in [2.05, 4.69) is 0 Å². The summed E-state index contributed by atoms with van der Waals surface area (Å²) in [5.41, 5.74) is -3.38. The number of halogens is 5. The Morgan fingerprint density at radius 3 is 2.08 bits per heavy atom. The Kier molecular flexibility index (Phi) is 4.46. The fraction of sp³-hybridized carbons (Fsp3) is 0.0625. The number of hydrogen-bond acceptors (Lipinski definition) is 2. The molecule has 0 radical (unpaired) electrons. The Morgan fingerprint density at radius 2 is 1.58 bits per heavy atom. The van der Waals surface area contributed by atoms with Crippen LogP contribution in [0.25, 0.3) is 0 Å². The first kappa shape index (κ1) is 17.3. The van der Waals surface area contributed by atoms with Gasteiger partial charge in [0.2, 0.25) is 0 Å². The predicted molar refractivity (Wildman–Crippen MR) is 72.4 cm³/mol. The molecule has 0 aliphatic carbocycles. The average molecular weight is 342 g/mol. The van der Waals surface area contributed by atoms with E-state index in [-0.39, 0.29) is 0 Å². The molecule has 2 aromatic rings. The van der Waals surface area contributed by atoms with Gasteiger partial charge in [0.25, 0.3) is 0 Å². The van der Waals surface area contributed by atoms with Gasteiger partial charge in [-0.25, -0.2) is 13.6 Å². The second-order valence-electron chi connectivity index (χ2n) is 4.60. The van der Waals surface area contributed by atoms with E-state index in [0.717, 1.165) is 12.1 Å². The lowest BCUT2D eigenvalue weighted by Crippen LogP contribution is -2.07. The number of phenols is 1. The van der Waals surface area contributed by atoms with Gasteiger partial charge < -0.3 is 10.2 Å². The molecule has 0 aromatic heterocycles. The summed E-state index contributed by atoms with van der Waals surface area (Å²) in [4.78, 5) is 10.7. The van der Waals surface area contributed by atoms with Gasteiger partial charge in [0.05, 0.1) is 16.7 Å². The number of phenolic OH excluding ortho intramolecular Hbond substituents is 1. The highest BCUT2D eigenvalue weighted by atomic mass is 19.4. The van der Waals surface area contributed by atoms with Crippen LogP contribution in [0, 0.1) is 23.5 Å². The third-order valence-corrected chi connectivity index (χ3v) is 2.92. The number of rotatable bonds is 1. The Balaban J connectivity index is 2.54. The van der Waals surface area contributed by atoms with Crippen LogP contribution in [0.15, 0.2) is 30.3 Å². The SMILES string of the molecule is O=C(O)c1cc(F)c(C#Cc2ccc(O)cc2C(F)(F)F)c(F)c1. The van der Waals surface area contributed by atoms with Gasteiger partial charge in [-0.05, 0) is 30.3 Å². The molecule has 2 rings (SSSR count). The summed E-state index contributed by atoms with van der Waals surface area (Å²) in [6, 6.07) is 3.25. The number of aromatic carboxylic acids is 1. The van der Waals surface area contributed by atoms with Gasteiger partial charge in [-0.3, -0.25) is 0 Å². The van der Waals surface area contributed by atoms with E-state index in [1.54, 1.807) is 0 Å². The second kappa shape index (κ2) is 6.20. The molecule has 0 aliphatic heterocycles. The molecule has 2 aromatic carbocycles. The lowest BCUT2D eigenvalue weighted by Gasteiger charge is -2.09. The molecule has 0 unspecified atom stereocenters. The average Bonchev–Trinajstić information content (AvgIpc) is 2.46. The van der Waals surface area contributed by atoms with Gasteiger partial charge in [-0.1, -0.05) is 11.8 Å². The predicted octanol–water partition coefficient (Wildman–Crippen LogP) is 3.79. The van der Waals surface area contributed by atoms with Crippen LogP contribution >= 0.6 is 0 Å². The number of hydrogen-bond donors (Lipinski definition) is 2. The lowest BCUT2D eigenvalue weighted by molar-refractivity contribution is -0.137. The Labute approximate surface area is 132 Å². The van der Waals surface area contributed by atoms with E-state index >= 15 is 0 Å². The van der Waals surface area contributed by atoms with E-state index in [1.807, 2.05) is 11.8 Å². The maximum absolute atomic E-state index is 13.7. The maximum Gasteiger partial charge on any atom is 0.417 e. The van der Waals surface area contributed by atoms with Gasteiger partial charge in [0.15, 0.2) is 0 Å². The van der Waals surface area contributed by atoms with E-state index in [4.69, 9.17) is 10.2 Å². The number of alkyl halides is 3. The van der Waals surface area contributed by atoms with Crippen LogP contribution in [0.2, 0.25) is 0 Å². The second-order valence-corrected chi connectivity index (χ2v) is 4.60. The van der Waals surface area contributed by atoms with Crippen molar-refractivity contribution in [3.63, 3.8) is 0 Å². The number of aromatic hydroxyl groups is 1. The van der Waals surface area contributed by atoms with Crippen molar-refractivity contribution in [2.75, 3.05) is 0 Å². The number of benzene rings is 2. The van der Waals surface area contributed by atoms with Crippen molar-refractivity contribution >= 4 is 5.97 Å². The van der Waals surface area contributed by atoms with Crippen LogP contribution in [0.4, 0.5) is 22.0 Å². The normalized spacial score (nSPS) is 10.9. The quantitative estimate of drug-likeness (QED) is 0.612. The van der Waals surface area contributed by atoms with Crippen molar-refractivity contribution in [2.24, 2.45) is 0 Å². The van der Waals surface area contributed by atoms with Crippen molar-refractivity contribution in [1.82, 2.24) is 0 Å². The molecule has 8 heteroatoms. The van der Waals surface area contributed by atoms with Crippen molar-refractivity contribution in [3.05, 3.63) is 64.2 Å². The molecule has 0 atom stereocenters. The topological polar surface area (TPSA) is 57.5 Å². The first-order valence-corrected chi connectivity index (χ1v) is 6.24. The van der Waals surface area contributed by atoms with E-state index < -0.39 is 51.8 Å². The number of carbonyl (C=O) groups is 1. The molecule has 24 heavy (non-hydrogen) atoms. The van der Waals surface area contributed by atoms with Crippen LogP contribution in [0.5, 0.6) is 5.75 Å². The Bertz CT molecular complexity index is 852. The van der Waals surface area contributed by atoms with E-state index in [9.17, 15) is 26.7 Å². The number of carboxylic acid groups (broad SMARTS) is 1. The minimum Gasteiger partial charge on any atom is -0.508 e.